The molecule has 0 saturated heterocycles. The maximum absolute atomic E-state index is 9.27. The fourth-order valence-corrected chi connectivity index (χ4v) is 2.07. The molecule has 0 unspecified atom stereocenters. The van der Waals surface area contributed by atoms with Gasteiger partial charge in [-0.15, -0.1) is 12.4 Å². The van der Waals surface area contributed by atoms with Crippen LogP contribution in [0, 0.1) is 0 Å². The average Bonchev–Trinajstić information content (AvgIpc) is 2.78. The van der Waals surface area contributed by atoms with Crippen molar-refractivity contribution in [2.24, 2.45) is 10.1 Å². The van der Waals surface area contributed by atoms with Crippen molar-refractivity contribution in [3.63, 3.8) is 0 Å². The van der Waals surface area contributed by atoms with Crippen LogP contribution in [0.15, 0.2) is 46.0 Å². The molecule has 2 aliphatic rings. The molecule has 4 nitrogen and oxygen atoms in total. The maximum Gasteiger partial charge on any atom is 0.147 e. The number of aromatic hydroxyl groups is 1. The highest BCUT2D eigenvalue weighted by Crippen LogP contribution is 2.19. The Morgan fingerprint density at radius 2 is 1.94 bits per heavy atom. The normalized spacial score (nSPS) is 17.4. The van der Waals surface area contributed by atoms with Gasteiger partial charge < -0.3 is 5.11 Å². The SMILES string of the molecule is CC1=CC(c2ccc(O)cc2)=NN2CCN=C12.Cl. The van der Waals surface area contributed by atoms with Gasteiger partial charge in [-0.1, -0.05) is 0 Å². The van der Waals surface area contributed by atoms with Gasteiger partial charge in [-0.25, -0.2) is 5.01 Å². The van der Waals surface area contributed by atoms with Gasteiger partial charge in [-0.2, -0.15) is 5.10 Å². The fourth-order valence-electron chi connectivity index (χ4n) is 2.07. The molecule has 1 N–H and O–H groups in total. The molecule has 94 valence electrons. The Hall–Kier alpha value is -1.81. The van der Waals surface area contributed by atoms with Crippen molar-refractivity contribution in [2.45, 2.75) is 6.92 Å². The molecule has 0 fully saturated rings. The van der Waals surface area contributed by atoms with Crippen LogP contribution >= 0.6 is 12.4 Å². The Balaban J connectivity index is 0.00000120. The smallest absolute Gasteiger partial charge is 0.147 e. The first-order valence-electron chi connectivity index (χ1n) is 5.63. The standard InChI is InChI=1S/C13H13N3O.ClH/c1-9-8-12(10-2-4-11(17)5-3-10)15-16-7-6-14-13(9)16;/h2-5,8,17H,6-7H2,1H3;1H. The summed E-state index contributed by atoms with van der Waals surface area (Å²) in [4.78, 5) is 4.41. The molecule has 1 aromatic carbocycles. The molecule has 0 radical (unpaired) electrons. The number of aliphatic imine (C=N–C) groups is 1. The highest BCUT2D eigenvalue weighted by atomic mass is 35.5. The van der Waals surface area contributed by atoms with E-state index >= 15 is 0 Å². The van der Waals surface area contributed by atoms with E-state index in [1.165, 1.54) is 0 Å². The summed E-state index contributed by atoms with van der Waals surface area (Å²) in [6.45, 7) is 3.71. The van der Waals surface area contributed by atoms with E-state index in [-0.39, 0.29) is 18.2 Å². The summed E-state index contributed by atoms with van der Waals surface area (Å²) in [5, 5.41) is 15.8. The third-order valence-electron chi connectivity index (χ3n) is 2.92. The Kier molecular flexibility index (Phi) is 3.39. The highest BCUT2D eigenvalue weighted by Gasteiger charge is 2.22. The number of benzene rings is 1. The molecule has 0 bridgehead atoms. The van der Waals surface area contributed by atoms with Gasteiger partial charge in [-0.05, 0) is 42.8 Å². The number of fused-ring (bicyclic) bond motifs is 1. The lowest BCUT2D eigenvalue weighted by atomic mass is 10.1. The van der Waals surface area contributed by atoms with Crippen LogP contribution in [0.3, 0.4) is 0 Å². The summed E-state index contributed by atoms with van der Waals surface area (Å²) < 4.78 is 0. The van der Waals surface area contributed by atoms with Crippen LogP contribution in [0.25, 0.3) is 0 Å². The van der Waals surface area contributed by atoms with Crippen molar-refractivity contribution in [1.82, 2.24) is 5.01 Å². The second-order valence-corrected chi connectivity index (χ2v) is 4.19. The fraction of sp³-hybridized carbons (Fsp3) is 0.231. The van der Waals surface area contributed by atoms with Crippen molar-refractivity contribution in [3.8, 4) is 5.75 Å². The van der Waals surface area contributed by atoms with Gasteiger partial charge in [0, 0.05) is 5.56 Å². The van der Waals surface area contributed by atoms with E-state index < -0.39 is 0 Å². The lowest BCUT2D eigenvalue weighted by Crippen LogP contribution is -2.28. The van der Waals surface area contributed by atoms with E-state index in [4.69, 9.17) is 0 Å². The number of hydrogen-bond donors (Lipinski definition) is 1. The molecule has 0 aromatic heterocycles. The topological polar surface area (TPSA) is 48.2 Å². The van der Waals surface area contributed by atoms with Crippen molar-refractivity contribution < 1.29 is 5.11 Å². The lowest BCUT2D eigenvalue weighted by molar-refractivity contribution is 0.475. The average molecular weight is 264 g/mol. The molecule has 2 aliphatic heterocycles. The molecule has 0 saturated carbocycles. The molecule has 18 heavy (non-hydrogen) atoms. The van der Waals surface area contributed by atoms with Gasteiger partial charge in [0.15, 0.2) is 0 Å². The number of amidine groups is 1. The molecule has 0 amide bonds. The first kappa shape index (κ1) is 12.6. The highest BCUT2D eigenvalue weighted by molar-refractivity contribution is 6.16. The molecular weight excluding hydrogens is 250 g/mol. The van der Waals surface area contributed by atoms with Crippen LogP contribution in [0.2, 0.25) is 0 Å². The maximum atomic E-state index is 9.27. The van der Waals surface area contributed by atoms with Gasteiger partial charge in [0.2, 0.25) is 0 Å². The monoisotopic (exact) mass is 263 g/mol. The summed E-state index contributed by atoms with van der Waals surface area (Å²) >= 11 is 0. The molecule has 0 atom stereocenters. The molecule has 3 rings (SSSR count). The van der Waals surface area contributed by atoms with E-state index in [1.807, 2.05) is 30.1 Å². The predicted octanol–water partition coefficient (Wildman–Crippen LogP) is 2.19. The second-order valence-electron chi connectivity index (χ2n) is 4.19. The van der Waals surface area contributed by atoms with Gasteiger partial charge in [-0.3, -0.25) is 4.99 Å². The van der Waals surface area contributed by atoms with Gasteiger partial charge >= 0.3 is 0 Å². The zero-order valence-electron chi connectivity index (χ0n) is 10.00. The van der Waals surface area contributed by atoms with Crippen LogP contribution in [0.5, 0.6) is 5.75 Å². The number of hydrogen-bond acceptors (Lipinski definition) is 4. The van der Waals surface area contributed by atoms with Gasteiger partial charge in [0.05, 0.1) is 18.8 Å². The van der Waals surface area contributed by atoms with E-state index in [9.17, 15) is 5.11 Å². The van der Waals surface area contributed by atoms with Gasteiger partial charge in [0.1, 0.15) is 11.6 Å². The zero-order chi connectivity index (χ0) is 11.8. The van der Waals surface area contributed by atoms with Crippen LogP contribution < -0.4 is 0 Å². The van der Waals surface area contributed by atoms with Crippen LogP contribution in [-0.4, -0.2) is 34.8 Å². The van der Waals surface area contributed by atoms with Crippen LogP contribution in [-0.2, 0) is 0 Å². The summed E-state index contributed by atoms with van der Waals surface area (Å²) in [5.74, 6) is 1.25. The number of allylic oxidation sites excluding steroid dienone is 1. The van der Waals surface area contributed by atoms with Crippen LogP contribution in [0.4, 0.5) is 0 Å². The van der Waals surface area contributed by atoms with Gasteiger partial charge in [0.25, 0.3) is 0 Å². The Bertz CT molecular complexity index is 546. The third-order valence-corrected chi connectivity index (χ3v) is 2.92. The van der Waals surface area contributed by atoms with E-state index in [0.717, 1.165) is 35.8 Å². The zero-order valence-corrected chi connectivity index (χ0v) is 10.8. The van der Waals surface area contributed by atoms with E-state index in [2.05, 4.69) is 10.1 Å². The molecule has 1 aromatic rings. The third kappa shape index (κ3) is 2.11. The molecular formula is C13H14ClN3O. The first-order chi connectivity index (χ1) is 8.24. The Morgan fingerprint density at radius 3 is 2.67 bits per heavy atom. The molecule has 0 aliphatic carbocycles. The number of nitrogens with zero attached hydrogens (tertiary/aromatic N) is 3. The molecule has 5 heteroatoms. The molecule has 0 spiro atoms. The largest absolute Gasteiger partial charge is 0.508 e. The summed E-state index contributed by atoms with van der Waals surface area (Å²) in [7, 11) is 0. The second kappa shape index (κ2) is 4.82. The van der Waals surface area contributed by atoms with Crippen molar-refractivity contribution in [2.75, 3.05) is 13.1 Å². The minimum absolute atomic E-state index is 0. The number of rotatable bonds is 1. The number of hydrazone groups is 1. The number of phenols is 1. The molecule has 2 heterocycles. The van der Waals surface area contributed by atoms with E-state index in [1.54, 1.807) is 12.1 Å². The predicted molar refractivity (Wildman–Crippen MR) is 74.7 cm³/mol. The van der Waals surface area contributed by atoms with Crippen molar-refractivity contribution >= 4 is 24.0 Å². The first-order valence-corrected chi connectivity index (χ1v) is 5.63. The lowest BCUT2D eigenvalue weighted by Gasteiger charge is -2.21. The minimum Gasteiger partial charge on any atom is -0.508 e. The minimum atomic E-state index is 0. The quantitative estimate of drug-likeness (QED) is 0.844. The summed E-state index contributed by atoms with van der Waals surface area (Å²) in [6.07, 6.45) is 2.03. The summed E-state index contributed by atoms with van der Waals surface area (Å²) in [5.41, 5.74) is 3.07. The Labute approximate surface area is 112 Å². The van der Waals surface area contributed by atoms with E-state index in [0.29, 0.717) is 0 Å². The number of phenolic OH excluding ortho intramolecular Hbond substituents is 1. The summed E-state index contributed by atoms with van der Waals surface area (Å²) in [6, 6.07) is 7.09. The van der Waals surface area contributed by atoms with Crippen molar-refractivity contribution in [1.29, 1.82) is 0 Å². The Morgan fingerprint density at radius 1 is 1.22 bits per heavy atom. The number of halogens is 1. The van der Waals surface area contributed by atoms with Crippen LogP contribution in [0.1, 0.15) is 12.5 Å². The van der Waals surface area contributed by atoms with Crippen molar-refractivity contribution in [3.05, 3.63) is 41.5 Å².